The van der Waals surface area contributed by atoms with Gasteiger partial charge in [-0.1, -0.05) is 24.3 Å². The van der Waals surface area contributed by atoms with Gasteiger partial charge in [-0.15, -0.1) is 0 Å². The van der Waals surface area contributed by atoms with Crippen LogP contribution in [0.2, 0.25) is 0 Å². The minimum atomic E-state index is -4.40. The maximum Gasteiger partial charge on any atom is 0.399 e. The summed E-state index contributed by atoms with van der Waals surface area (Å²) < 4.78 is 40.2. The molecule has 1 unspecified atom stereocenters. The number of nitrogens with one attached hydrogen (secondary N) is 1. The van der Waals surface area contributed by atoms with Crippen LogP contribution in [-0.2, 0) is 29.7 Å². The zero-order valence-electron chi connectivity index (χ0n) is 17.9. The van der Waals surface area contributed by atoms with Crippen LogP contribution < -0.4 is 5.32 Å². The maximum atomic E-state index is 13.4. The van der Waals surface area contributed by atoms with Gasteiger partial charge in [0.05, 0.1) is 29.6 Å². The summed E-state index contributed by atoms with van der Waals surface area (Å²) in [6, 6.07) is 4.78. The number of hydrogen-bond donors (Lipinski definition) is 2. The lowest BCUT2D eigenvalue weighted by atomic mass is 9.73. The van der Waals surface area contributed by atoms with E-state index in [1.165, 1.54) is 17.4 Å². The second-order valence-electron chi connectivity index (χ2n) is 8.93. The largest absolute Gasteiger partial charge is 0.399 e. The van der Waals surface area contributed by atoms with Crippen molar-refractivity contribution in [3.05, 3.63) is 46.4 Å². The van der Waals surface area contributed by atoms with Gasteiger partial charge in [0.1, 0.15) is 20.8 Å². The van der Waals surface area contributed by atoms with Gasteiger partial charge < -0.3 is 10.4 Å². The molecule has 32 heavy (non-hydrogen) atoms. The van der Waals surface area contributed by atoms with Gasteiger partial charge in [0.2, 0.25) is 5.91 Å². The summed E-state index contributed by atoms with van der Waals surface area (Å²) in [5, 5.41) is 12.7. The molecule has 0 saturated carbocycles. The van der Waals surface area contributed by atoms with Gasteiger partial charge in [0, 0.05) is 5.69 Å². The first kappa shape index (κ1) is 22.6. The van der Waals surface area contributed by atoms with Gasteiger partial charge in [-0.05, 0) is 50.8 Å². The molecule has 170 valence electrons. The minimum Gasteiger partial charge on any atom is -0.389 e. The number of hydrogen-bond acceptors (Lipinski definition) is 6. The van der Waals surface area contributed by atoms with Crippen LogP contribution in [-0.4, -0.2) is 32.1 Å². The van der Waals surface area contributed by atoms with Crippen molar-refractivity contribution in [3.63, 3.8) is 0 Å². The van der Waals surface area contributed by atoms with Gasteiger partial charge in [-0.3, -0.25) is 9.78 Å². The molecule has 1 amide bonds. The van der Waals surface area contributed by atoms with E-state index in [4.69, 9.17) is 0 Å². The zero-order valence-corrected chi connectivity index (χ0v) is 18.7. The lowest BCUT2D eigenvalue weighted by Gasteiger charge is -2.34. The second-order valence-corrected chi connectivity index (χ2v) is 9.99. The Bertz CT molecular complexity index is 1190. The van der Waals surface area contributed by atoms with Crippen LogP contribution in [0.4, 0.5) is 18.9 Å². The van der Waals surface area contributed by atoms with Crippen LogP contribution in [0.3, 0.4) is 0 Å². The van der Waals surface area contributed by atoms with Crippen molar-refractivity contribution in [2.45, 2.75) is 58.2 Å². The lowest BCUT2D eigenvalue weighted by molar-refractivity contribution is -0.181. The number of carbonyl (C=O) groups excluding carboxylic acids is 1. The summed E-state index contributed by atoms with van der Waals surface area (Å²) in [4.78, 5) is 26.6. The number of aliphatic hydroxyl groups is 1. The number of amides is 1. The van der Waals surface area contributed by atoms with Crippen LogP contribution in [0.5, 0.6) is 0 Å². The van der Waals surface area contributed by atoms with Crippen LogP contribution in [0.15, 0.2) is 24.4 Å². The SMILES string of the molecule is CC1(C(=O)Nc2cnc3sc(CO)nc3c2)CCc2nc(C(C)(C)C(F)(F)F)ccc2C1. The number of aryl methyl sites for hydroxylation is 1. The van der Waals surface area contributed by atoms with Gasteiger partial charge in [0.15, 0.2) is 0 Å². The van der Waals surface area contributed by atoms with Crippen molar-refractivity contribution in [3.8, 4) is 0 Å². The highest BCUT2D eigenvalue weighted by molar-refractivity contribution is 7.18. The van der Waals surface area contributed by atoms with Crippen LogP contribution in [0.1, 0.15) is 49.2 Å². The summed E-state index contributed by atoms with van der Waals surface area (Å²) in [6.45, 7) is 3.92. The van der Waals surface area contributed by atoms with Crippen LogP contribution >= 0.6 is 11.3 Å². The molecule has 1 aliphatic rings. The predicted octanol–water partition coefficient (Wildman–Crippen LogP) is 4.55. The maximum absolute atomic E-state index is 13.4. The Morgan fingerprint density at radius 2 is 2.03 bits per heavy atom. The van der Waals surface area contributed by atoms with E-state index in [1.807, 2.05) is 6.92 Å². The van der Waals surface area contributed by atoms with Crippen LogP contribution in [0.25, 0.3) is 10.3 Å². The van der Waals surface area contributed by atoms with Gasteiger partial charge >= 0.3 is 6.18 Å². The van der Waals surface area contributed by atoms with Gasteiger partial charge in [0.25, 0.3) is 0 Å². The molecule has 6 nitrogen and oxygen atoms in total. The molecular formula is C22H23F3N4O2S. The summed E-state index contributed by atoms with van der Waals surface area (Å²) in [6.07, 6.45) is -1.58. The van der Waals surface area contributed by atoms with E-state index in [2.05, 4.69) is 20.3 Å². The first-order valence-electron chi connectivity index (χ1n) is 10.2. The molecule has 0 spiro atoms. The van der Waals surface area contributed by atoms with E-state index in [1.54, 1.807) is 18.3 Å². The Hall–Kier alpha value is -2.59. The number of thiazole rings is 1. The predicted molar refractivity (Wildman–Crippen MR) is 115 cm³/mol. The van der Waals surface area contributed by atoms with Gasteiger partial charge in [-0.2, -0.15) is 13.2 Å². The Morgan fingerprint density at radius 1 is 1.28 bits per heavy atom. The molecule has 0 fully saturated rings. The third-order valence-corrected chi connectivity index (χ3v) is 7.11. The summed E-state index contributed by atoms with van der Waals surface area (Å²) in [5.41, 5.74) is -0.282. The van der Waals surface area contributed by atoms with Gasteiger partial charge in [-0.25, -0.2) is 9.97 Å². The Labute approximate surface area is 186 Å². The minimum absolute atomic E-state index is 0.0123. The molecule has 0 aliphatic heterocycles. The number of aromatic nitrogens is 3. The number of rotatable bonds is 4. The highest BCUT2D eigenvalue weighted by Gasteiger charge is 2.50. The molecule has 2 N–H and O–H groups in total. The van der Waals surface area contributed by atoms with Crippen molar-refractivity contribution in [1.82, 2.24) is 15.0 Å². The number of anilines is 1. The lowest BCUT2D eigenvalue weighted by Crippen LogP contribution is -2.40. The molecule has 0 bridgehead atoms. The van der Waals surface area contributed by atoms with Crippen LogP contribution in [0, 0.1) is 5.41 Å². The number of aliphatic hydroxyl groups excluding tert-OH is 1. The van der Waals surface area contributed by atoms with E-state index in [0.717, 1.165) is 19.4 Å². The number of nitrogens with zero attached hydrogens (tertiary/aromatic N) is 3. The average Bonchev–Trinajstić information content (AvgIpc) is 3.15. The molecular weight excluding hydrogens is 441 g/mol. The van der Waals surface area contributed by atoms with E-state index >= 15 is 0 Å². The summed E-state index contributed by atoms with van der Waals surface area (Å²) in [5.74, 6) is -0.193. The fourth-order valence-corrected chi connectivity index (χ4v) is 4.53. The number of pyridine rings is 2. The Morgan fingerprint density at radius 3 is 2.72 bits per heavy atom. The molecule has 0 aromatic carbocycles. The van der Waals surface area contributed by atoms with Crippen molar-refractivity contribution in [1.29, 1.82) is 0 Å². The molecule has 0 saturated heterocycles. The Kier molecular flexibility index (Phi) is 5.49. The van der Waals surface area contributed by atoms with E-state index in [9.17, 15) is 23.1 Å². The zero-order chi connectivity index (χ0) is 23.3. The third-order valence-electron chi connectivity index (χ3n) is 6.14. The number of halogens is 3. The monoisotopic (exact) mass is 464 g/mol. The van der Waals surface area contributed by atoms with E-state index in [-0.39, 0.29) is 18.2 Å². The van der Waals surface area contributed by atoms with E-state index < -0.39 is 17.0 Å². The van der Waals surface area contributed by atoms with Crippen molar-refractivity contribution in [2.75, 3.05) is 5.32 Å². The number of alkyl halides is 3. The number of fused-ring (bicyclic) bond motifs is 2. The number of carbonyl (C=O) groups is 1. The van der Waals surface area contributed by atoms with E-state index in [0.29, 0.717) is 46.0 Å². The smallest absolute Gasteiger partial charge is 0.389 e. The van der Waals surface area contributed by atoms with Crippen molar-refractivity contribution >= 4 is 33.3 Å². The second kappa shape index (κ2) is 7.77. The first-order chi connectivity index (χ1) is 14.9. The molecule has 3 heterocycles. The summed E-state index contributed by atoms with van der Waals surface area (Å²) >= 11 is 1.29. The fraction of sp³-hybridized carbons (Fsp3) is 0.455. The summed E-state index contributed by atoms with van der Waals surface area (Å²) in [7, 11) is 0. The van der Waals surface area contributed by atoms with Crippen molar-refractivity contribution < 1.29 is 23.1 Å². The molecule has 0 radical (unpaired) electrons. The fourth-order valence-electron chi connectivity index (χ4n) is 3.78. The normalized spacial score (nSPS) is 19.1. The van der Waals surface area contributed by atoms with Crippen molar-refractivity contribution in [2.24, 2.45) is 5.41 Å². The molecule has 3 aromatic heterocycles. The molecule has 4 rings (SSSR count). The topological polar surface area (TPSA) is 88.0 Å². The average molecular weight is 465 g/mol. The standard InChI is InChI=1S/C22H23F3N4O2S/c1-20(2,22(23,24)25)16-5-4-12-9-21(3,7-6-14(12)28-16)19(31)27-13-8-15-18(26-10-13)32-17(11-30)29-15/h4-5,8,10,30H,6-7,9,11H2,1-3H3,(H,27,31). The molecule has 1 aliphatic carbocycles. The Balaban J connectivity index is 1.53. The highest BCUT2D eigenvalue weighted by atomic mass is 32.1. The highest BCUT2D eigenvalue weighted by Crippen LogP contribution is 2.41. The first-order valence-corrected chi connectivity index (χ1v) is 11.0. The molecule has 3 aromatic rings. The quantitative estimate of drug-likeness (QED) is 0.591. The molecule has 10 heteroatoms. The third kappa shape index (κ3) is 3.97. The molecule has 1 atom stereocenters.